The Kier molecular flexibility index (Phi) is 3.43. The average Bonchev–Trinajstić information content (AvgIpc) is 2.30. The number of alkyl halides is 4. The smallest absolute Gasteiger partial charge is 0.251 e. The van der Waals surface area contributed by atoms with E-state index in [1.807, 2.05) is 6.92 Å². The van der Waals surface area contributed by atoms with Gasteiger partial charge in [0, 0.05) is 6.42 Å². The molecule has 0 spiro atoms. The van der Waals surface area contributed by atoms with Crippen LogP contribution in [0.2, 0.25) is 0 Å². The fourth-order valence-corrected chi connectivity index (χ4v) is 2.45. The van der Waals surface area contributed by atoms with Crippen molar-refractivity contribution in [3.8, 4) is 0 Å². The molecule has 0 bridgehead atoms. The molecule has 1 aliphatic rings. The van der Waals surface area contributed by atoms with Crippen molar-refractivity contribution in [3.63, 3.8) is 0 Å². The van der Waals surface area contributed by atoms with Gasteiger partial charge in [-0.2, -0.15) is 13.2 Å². The summed E-state index contributed by atoms with van der Waals surface area (Å²) in [4.78, 5) is 0. The van der Waals surface area contributed by atoms with Gasteiger partial charge in [-0.25, -0.2) is 0 Å². The molecule has 1 saturated carbocycles. The second-order valence-corrected chi connectivity index (χ2v) is 4.45. The lowest BCUT2D eigenvalue weighted by molar-refractivity contribution is -0.147. The van der Waals surface area contributed by atoms with Gasteiger partial charge >= 0.3 is 6.18 Å². The fraction of sp³-hybridized carbons (Fsp3) is 1.00. The minimum Gasteiger partial charge on any atom is -0.251 e. The van der Waals surface area contributed by atoms with Gasteiger partial charge in [0.05, 0.1) is 6.67 Å². The van der Waals surface area contributed by atoms with Crippen LogP contribution in [0.15, 0.2) is 0 Å². The van der Waals surface area contributed by atoms with Crippen LogP contribution >= 0.6 is 0 Å². The third-order valence-electron chi connectivity index (χ3n) is 3.61. The Morgan fingerprint density at radius 2 is 1.57 bits per heavy atom. The zero-order chi connectivity index (χ0) is 10.9. The fourth-order valence-electron chi connectivity index (χ4n) is 2.45. The van der Waals surface area contributed by atoms with E-state index in [0.29, 0.717) is 6.42 Å². The van der Waals surface area contributed by atoms with Crippen molar-refractivity contribution in [1.82, 2.24) is 0 Å². The predicted molar refractivity (Wildman–Crippen MR) is 46.6 cm³/mol. The summed E-state index contributed by atoms with van der Waals surface area (Å²) >= 11 is 0. The highest BCUT2D eigenvalue weighted by Crippen LogP contribution is 2.45. The van der Waals surface area contributed by atoms with Crippen molar-refractivity contribution in [2.45, 2.75) is 32.9 Å². The Labute approximate surface area is 81.7 Å². The molecule has 0 heterocycles. The van der Waals surface area contributed by atoms with E-state index in [-0.39, 0.29) is 23.7 Å². The van der Waals surface area contributed by atoms with Gasteiger partial charge < -0.3 is 0 Å². The third kappa shape index (κ3) is 2.61. The summed E-state index contributed by atoms with van der Waals surface area (Å²) in [6.45, 7) is 3.17. The molecule has 14 heavy (non-hydrogen) atoms. The van der Waals surface area contributed by atoms with Crippen LogP contribution in [0.3, 0.4) is 0 Å². The topological polar surface area (TPSA) is 0 Å². The zero-order valence-electron chi connectivity index (χ0n) is 8.44. The normalized spacial score (nSPS) is 39.0. The van der Waals surface area contributed by atoms with Crippen molar-refractivity contribution in [1.29, 1.82) is 0 Å². The summed E-state index contributed by atoms with van der Waals surface area (Å²) in [5, 5.41) is 0. The molecule has 4 atom stereocenters. The SMILES string of the molecule is CC1C(CF)CC(CC(F)(F)F)C1C. The Balaban J connectivity index is 2.57. The van der Waals surface area contributed by atoms with E-state index in [2.05, 4.69) is 0 Å². The van der Waals surface area contributed by atoms with Gasteiger partial charge in [-0.1, -0.05) is 13.8 Å². The number of hydrogen-bond donors (Lipinski definition) is 0. The predicted octanol–water partition coefficient (Wildman–Crippen LogP) is 3.82. The highest BCUT2D eigenvalue weighted by molar-refractivity contribution is 4.87. The van der Waals surface area contributed by atoms with Crippen LogP contribution in [0.4, 0.5) is 17.6 Å². The zero-order valence-corrected chi connectivity index (χ0v) is 8.44. The Morgan fingerprint density at radius 1 is 1.07 bits per heavy atom. The van der Waals surface area contributed by atoms with Gasteiger partial charge in [-0.15, -0.1) is 0 Å². The van der Waals surface area contributed by atoms with Gasteiger partial charge in [0.2, 0.25) is 0 Å². The third-order valence-corrected chi connectivity index (χ3v) is 3.61. The Bertz CT molecular complexity index is 187. The number of halogens is 4. The van der Waals surface area contributed by atoms with Gasteiger partial charge in [0.15, 0.2) is 0 Å². The van der Waals surface area contributed by atoms with Crippen molar-refractivity contribution >= 4 is 0 Å². The molecule has 0 aromatic heterocycles. The summed E-state index contributed by atoms with van der Waals surface area (Å²) in [6, 6.07) is 0. The van der Waals surface area contributed by atoms with Crippen molar-refractivity contribution in [2.75, 3.05) is 6.67 Å². The summed E-state index contributed by atoms with van der Waals surface area (Å²) in [6.07, 6.45) is -4.48. The van der Waals surface area contributed by atoms with E-state index in [0.717, 1.165) is 0 Å². The lowest BCUT2D eigenvalue weighted by Crippen LogP contribution is -2.18. The maximum atomic E-state index is 12.4. The molecule has 0 aromatic carbocycles. The van der Waals surface area contributed by atoms with Crippen molar-refractivity contribution < 1.29 is 17.6 Å². The molecule has 0 N–H and O–H groups in total. The van der Waals surface area contributed by atoms with E-state index in [1.54, 1.807) is 6.92 Å². The molecule has 1 fully saturated rings. The molecule has 1 rings (SSSR count). The summed E-state index contributed by atoms with van der Waals surface area (Å²) in [5.41, 5.74) is 0. The van der Waals surface area contributed by atoms with E-state index in [4.69, 9.17) is 0 Å². The first-order chi connectivity index (χ1) is 6.35. The second-order valence-electron chi connectivity index (χ2n) is 4.45. The first-order valence-electron chi connectivity index (χ1n) is 4.98. The molecule has 4 heteroatoms. The first-order valence-corrected chi connectivity index (χ1v) is 4.98. The molecular formula is C10H16F4. The average molecular weight is 212 g/mol. The van der Waals surface area contributed by atoms with Gasteiger partial charge in [0.1, 0.15) is 0 Å². The van der Waals surface area contributed by atoms with Crippen LogP contribution in [0.25, 0.3) is 0 Å². The summed E-state index contributed by atoms with van der Waals surface area (Å²) in [7, 11) is 0. The van der Waals surface area contributed by atoms with E-state index in [1.165, 1.54) is 0 Å². The van der Waals surface area contributed by atoms with Crippen LogP contribution in [0.1, 0.15) is 26.7 Å². The number of hydrogen-bond acceptors (Lipinski definition) is 0. The maximum Gasteiger partial charge on any atom is 0.389 e. The molecule has 0 nitrogen and oxygen atoms in total. The van der Waals surface area contributed by atoms with E-state index in [9.17, 15) is 17.6 Å². The summed E-state index contributed by atoms with van der Waals surface area (Å²) < 4.78 is 48.9. The molecule has 0 amide bonds. The molecule has 1 aliphatic carbocycles. The minimum atomic E-state index is -4.11. The molecule has 0 radical (unpaired) electrons. The van der Waals surface area contributed by atoms with Crippen molar-refractivity contribution in [2.24, 2.45) is 23.7 Å². The standard InChI is InChI=1S/C10H16F4/c1-6-7(2)9(5-11)3-8(6)4-10(12,13)14/h6-9H,3-5H2,1-2H3. The minimum absolute atomic E-state index is 0.0163. The molecule has 4 unspecified atom stereocenters. The van der Waals surface area contributed by atoms with Gasteiger partial charge in [-0.05, 0) is 30.1 Å². The molecule has 0 aromatic rings. The molecule has 0 saturated heterocycles. The summed E-state index contributed by atoms with van der Waals surface area (Å²) in [5.74, 6) is -0.493. The lowest BCUT2D eigenvalue weighted by Gasteiger charge is -2.19. The van der Waals surface area contributed by atoms with Crippen LogP contribution in [0, 0.1) is 23.7 Å². The van der Waals surface area contributed by atoms with Crippen LogP contribution < -0.4 is 0 Å². The first kappa shape index (κ1) is 11.8. The maximum absolute atomic E-state index is 12.4. The van der Waals surface area contributed by atoms with Crippen LogP contribution in [-0.4, -0.2) is 12.9 Å². The molecular weight excluding hydrogens is 196 g/mol. The quantitative estimate of drug-likeness (QED) is 0.610. The number of rotatable bonds is 2. The largest absolute Gasteiger partial charge is 0.389 e. The molecule has 84 valence electrons. The van der Waals surface area contributed by atoms with E-state index >= 15 is 0 Å². The van der Waals surface area contributed by atoms with Gasteiger partial charge in [-0.3, -0.25) is 4.39 Å². The Hall–Kier alpha value is -0.280. The van der Waals surface area contributed by atoms with Crippen LogP contribution in [0.5, 0.6) is 0 Å². The second kappa shape index (κ2) is 4.07. The van der Waals surface area contributed by atoms with Gasteiger partial charge in [0.25, 0.3) is 0 Å². The highest BCUT2D eigenvalue weighted by Gasteiger charge is 2.43. The van der Waals surface area contributed by atoms with Crippen molar-refractivity contribution in [3.05, 3.63) is 0 Å². The lowest BCUT2D eigenvalue weighted by atomic mass is 9.89. The van der Waals surface area contributed by atoms with E-state index < -0.39 is 19.3 Å². The monoisotopic (exact) mass is 212 g/mol. The Morgan fingerprint density at radius 3 is 1.93 bits per heavy atom. The molecule has 0 aliphatic heterocycles. The van der Waals surface area contributed by atoms with Crippen LogP contribution in [-0.2, 0) is 0 Å². The highest BCUT2D eigenvalue weighted by atomic mass is 19.4.